The molecule has 0 unspecified atom stereocenters. The third kappa shape index (κ3) is 3.04. The number of aromatic nitrogens is 3. The number of rotatable bonds is 4. The third-order valence-electron chi connectivity index (χ3n) is 2.99. The lowest BCUT2D eigenvalue weighted by atomic mass is 10.0. The van der Waals surface area contributed by atoms with E-state index in [1.165, 1.54) is 0 Å². The maximum atomic E-state index is 5.51. The Morgan fingerprint density at radius 2 is 2.16 bits per heavy atom. The molecule has 1 aromatic rings. The third-order valence-corrected chi connectivity index (χ3v) is 2.99. The van der Waals surface area contributed by atoms with Crippen LogP contribution < -0.4 is 15.0 Å². The number of morpholine rings is 1. The Kier molecular flexibility index (Phi) is 4.04. The second-order valence-electron chi connectivity index (χ2n) is 4.94. The summed E-state index contributed by atoms with van der Waals surface area (Å²) in [5, 5.41) is 2.93. The molecule has 0 atom stereocenters. The number of hydrogen-bond acceptors (Lipinski definition) is 7. The monoisotopic (exact) mass is 267 g/mol. The smallest absolute Gasteiger partial charge is 0.323 e. The quantitative estimate of drug-likeness (QED) is 0.869. The largest absolute Gasteiger partial charge is 0.464 e. The Labute approximate surface area is 113 Å². The molecule has 19 heavy (non-hydrogen) atoms. The van der Waals surface area contributed by atoms with Gasteiger partial charge in [0, 0.05) is 13.6 Å². The molecular formula is C12H21N5O2. The predicted molar refractivity (Wildman–Crippen MR) is 72.8 cm³/mol. The standard InChI is InChI=1S/C12H21N5O2/c1-5-19-11-15-9(13-4)14-10(16-11)17-6-7-18-8-12(17,2)3/h5-8H2,1-4H3,(H,13,14,15,16). The Morgan fingerprint density at radius 3 is 2.79 bits per heavy atom. The van der Waals surface area contributed by atoms with E-state index in [9.17, 15) is 0 Å². The summed E-state index contributed by atoms with van der Waals surface area (Å²) >= 11 is 0. The van der Waals surface area contributed by atoms with Gasteiger partial charge < -0.3 is 19.7 Å². The summed E-state index contributed by atoms with van der Waals surface area (Å²) in [5.41, 5.74) is -0.145. The van der Waals surface area contributed by atoms with Gasteiger partial charge >= 0.3 is 6.01 Å². The molecule has 0 saturated carbocycles. The lowest BCUT2D eigenvalue weighted by Gasteiger charge is -2.42. The average Bonchev–Trinajstić information content (AvgIpc) is 2.38. The molecule has 1 aliphatic heterocycles. The summed E-state index contributed by atoms with van der Waals surface area (Å²) in [7, 11) is 1.78. The van der Waals surface area contributed by atoms with E-state index in [1.807, 2.05) is 6.92 Å². The molecule has 106 valence electrons. The fourth-order valence-corrected chi connectivity index (χ4v) is 2.00. The van der Waals surface area contributed by atoms with Crippen LogP contribution in [0, 0.1) is 0 Å². The number of hydrogen-bond donors (Lipinski definition) is 1. The average molecular weight is 267 g/mol. The lowest BCUT2D eigenvalue weighted by molar-refractivity contribution is 0.0632. The van der Waals surface area contributed by atoms with Gasteiger partial charge in [-0.3, -0.25) is 0 Å². The molecule has 7 heteroatoms. The van der Waals surface area contributed by atoms with Gasteiger partial charge in [0.15, 0.2) is 0 Å². The van der Waals surface area contributed by atoms with E-state index in [1.54, 1.807) is 7.05 Å². The molecule has 2 rings (SSSR count). The number of ether oxygens (including phenoxy) is 2. The highest BCUT2D eigenvalue weighted by Gasteiger charge is 2.33. The maximum absolute atomic E-state index is 5.51. The number of nitrogens with zero attached hydrogens (tertiary/aromatic N) is 4. The molecule has 0 spiro atoms. The van der Waals surface area contributed by atoms with Gasteiger partial charge in [0.05, 0.1) is 25.4 Å². The molecular weight excluding hydrogens is 246 g/mol. The van der Waals surface area contributed by atoms with Crippen LogP contribution in [0.25, 0.3) is 0 Å². The van der Waals surface area contributed by atoms with Crippen LogP contribution >= 0.6 is 0 Å². The topological polar surface area (TPSA) is 72.4 Å². The van der Waals surface area contributed by atoms with Crippen molar-refractivity contribution >= 4 is 11.9 Å². The van der Waals surface area contributed by atoms with E-state index in [4.69, 9.17) is 9.47 Å². The van der Waals surface area contributed by atoms with Crippen molar-refractivity contribution < 1.29 is 9.47 Å². The van der Waals surface area contributed by atoms with Crippen molar-refractivity contribution in [1.82, 2.24) is 15.0 Å². The van der Waals surface area contributed by atoms with Crippen LogP contribution in [-0.4, -0.2) is 53.9 Å². The molecule has 2 heterocycles. The first-order chi connectivity index (χ1) is 9.06. The predicted octanol–water partition coefficient (Wildman–Crippen LogP) is 0.927. The Hall–Kier alpha value is -1.63. The first-order valence-electron chi connectivity index (χ1n) is 6.49. The van der Waals surface area contributed by atoms with Gasteiger partial charge in [0.25, 0.3) is 0 Å². The highest BCUT2D eigenvalue weighted by atomic mass is 16.5. The Balaban J connectivity index is 2.34. The Bertz CT molecular complexity index is 438. The van der Waals surface area contributed by atoms with Crippen molar-refractivity contribution in [2.45, 2.75) is 26.3 Å². The molecule has 7 nitrogen and oxygen atoms in total. The van der Waals surface area contributed by atoms with Crippen molar-refractivity contribution in [1.29, 1.82) is 0 Å². The lowest BCUT2D eigenvalue weighted by Crippen LogP contribution is -2.54. The van der Waals surface area contributed by atoms with Gasteiger partial charge in [-0.2, -0.15) is 15.0 Å². The fourth-order valence-electron chi connectivity index (χ4n) is 2.00. The fraction of sp³-hybridized carbons (Fsp3) is 0.750. The van der Waals surface area contributed by atoms with E-state index in [2.05, 4.69) is 39.0 Å². The van der Waals surface area contributed by atoms with E-state index < -0.39 is 0 Å². The van der Waals surface area contributed by atoms with Crippen LogP contribution in [0.5, 0.6) is 6.01 Å². The number of nitrogens with one attached hydrogen (secondary N) is 1. The first-order valence-corrected chi connectivity index (χ1v) is 6.49. The van der Waals surface area contributed by atoms with E-state index >= 15 is 0 Å². The van der Waals surface area contributed by atoms with E-state index in [0.29, 0.717) is 37.7 Å². The minimum atomic E-state index is -0.145. The van der Waals surface area contributed by atoms with Crippen LogP contribution in [0.15, 0.2) is 0 Å². The van der Waals surface area contributed by atoms with Crippen molar-refractivity contribution in [2.24, 2.45) is 0 Å². The molecule has 0 bridgehead atoms. The minimum Gasteiger partial charge on any atom is -0.464 e. The molecule has 1 saturated heterocycles. The van der Waals surface area contributed by atoms with Gasteiger partial charge in [-0.1, -0.05) is 0 Å². The van der Waals surface area contributed by atoms with Gasteiger partial charge in [0.1, 0.15) is 0 Å². The van der Waals surface area contributed by atoms with Crippen molar-refractivity contribution in [3.63, 3.8) is 0 Å². The molecule has 1 fully saturated rings. The highest BCUT2D eigenvalue weighted by molar-refractivity contribution is 5.41. The summed E-state index contributed by atoms with van der Waals surface area (Å²) in [6.07, 6.45) is 0. The summed E-state index contributed by atoms with van der Waals surface area (Å²) < 4.78 is 10.9. The second-order valence-corrected chi connectivity index (χ2v) is 4.94. The summed E-state index contributed by atoms with van der Waals surface area (Å²) in [6, 6.07) is 0.346. The van der Waals surface area contributed by atoms with Crippen LogP contribution in [0.3, 0.4) is 0 Å². The van der Waals surface area contributed by atoms with Gasteiger partial charge in [0.2, 0.25) is 11.9 Å². The molecule has 1 aliphatic rings. The van der Waals surface area contributed by atoms with Gasteiger partial charge in [-0.15, -0.1) is 0 Å². The minimum absolute atomic E-state index is 0.145. The van der Waals surface area contributed by atoms with E-state index in [-0.39, 0.29) is 5.54 Å². The van der Waals surface area contributed by atoms with Crippen molar-refractivity contribution in [3.8, 4) is 6.01 Å². The van der Waals surface area contributed by atoms with Crippen LogP contribution in [0.4, 0.5) is 11.9 Å². The second kappa shape index (κ2) is 5.56. The first kappa shape index (κ1) is 13.8. The number of anilines is 2. The SMILES string of the molecule is CCOc1nc(NC)nc(N2CCOCC2(C)C)n1. The molecule has 0 amide bonds. The zero-order chi connectivity index (χ0) is 13.9. The van der Waals surface area contributed by atoms with Crippen LogP contribution in [0.2, 0.25) is 0 Å². The molecule has 1 aromatic heterocycles. The van der Waals surface area contributed by atoms with Gasteiger partial charge in [-0.25, -0.2) is 0 Å². The molecule has 0 radical (unpaired) electrons. The molecule has 0 aromatic carbocycles. The molecule has 0 aliphatic carbocycles. The summed E-state index contributed by atoms with van der Waals surface area (Å²) in [6.45, 7) is 8.72. The van der Waals surface area contributed by atoms with Crippen LogP contribution in [0.1, 0.15) is 20.8 Å². The summed E-state index contributed by atoms with van der Waals surface area (Å²) in [5.74, 6) is 1.13. The van der Waals surface area contributed by atoms with E-state index in [0.717, 1.165) is 6.54 Å². The normalized spacial score (nSPS) is 18.2. The van der Waals surface area contributed by atoms with Crippen molar-refractivity contribution in [2.75, 3.05) is 43.6 Å². The van der Waals surface area contributed by atoms with Crippen molar-refractivity contribution in [3.05, 3.63) is 0 Å². The van der Waals surface area contributed by atoms with Crippen LogP contribution in [-0.2, 0) is 4.74 Å². The zero-order valence-electron chi connectivity index (χ0n) is 11.9. The van der Waals surface area contributed by atoms with Gasteiger partial charge in [-0.05, 0) is 20.8 Å². The zero-order valence-corrected chi connectivity index (χ0v) is 11.9. The Morgan fingerprint density at radius 1 is 1.37 bits per heavy atom. The maximum Gasteiger partial charge on any atom is 0.323 e. The molecule has 1 N–H and O–H groups in total. The highest BCUT2D eigenvalue weighted by Crippen LogP contribution is 2.25. The summed E-state index contributed by atoms with van der Waals surface area (Å²) in [4.78, 5) is 15.1.